The fraction of sp³-hybridized carbons (Fsp3) is 0.381. The molecule has 27 heavy (non-hydrogen) atoms. The molecule has 6 heteroatoms. The van der Waals surface area contributed by atoms with Crippen LogP contribution in [0.3, 0.4) is 0 Å². The highest BCUT2D eigenvalue weighted by Gasteiger charge is 2.14. The molecule has 0 amide bonds. The van der Waals surface area contributed by atoms with Crippen molar-refractivity contribution in [2.45, 2.75) is 39.5 Å². The molecule has 2 aromatic rings. The van der Waals surface area contributed by atoms with Crippen molar-refractivity contribution in [2.24, 2.45) is 0 Å². The zero-order valence-electron chi connectivity index (χ0n) is 16.0. The van der Waals surface area contributed by atoms with Crippen molar-refractivity contribution < 1.29 is 19.0 Å². The van der Waals surface area contributed by atoms with Crippen LogP contribution < -0.4 is 9.47 Å². The number of methoxy groups -OCH3 is 1. The summed E-state index contributed by atoms with van der Waals surface area (Å²) >= 11 is 7.15. The van der Waals surface area contributed by atoms with Gasteiger partial charge in [-0.1, -0.05) is 13.8 Å². The van der Waals surface area contributed by atoms with Gasteiger partial charge in [0.1, 0.15) is 11.5 Å². The molecule has 0 radical (unpaired) electrons. The number of hydrogen-bond donors (Lipinski definition) is 0. The number of benzene rings is 2. The Morgan fingerprint density at radius 2 is 1.78 bits per heavy atom. The van der Waals surface area contributed by atoms with Gasteiger partial charge in [-0.2, -0.15) is 0 Å². The van der Waals surface area contributed by atoms with E-state index in [-0.39, 0.29) is 5.97 Å². The van der Waals surface area contributed by atoms with Gasteiger partial charge in [-0.15, -0.1) is 0 Å². The van der Waals surface area contributed by atoms with Gasteiger partial charge in [0.25, 0.3) is 0 Å². The van der Waals surface area contributed by atoms with Crippen LogP contribution in [0.4, 0.5) is 0 Å². The monoisotopic (exact) mass is 498 g/mol. The van der Waals surface area contributed by atoms with E-state index in [2.05, 4.69) is 45.7 Å². The minimum atomic E-state index is -0.190. The van der Waals surface area contributed by atoms with E-state index < -0.39 is 0 Å². The van der Waals surface area contributed by atoms with Crippen molar-refractivity contribution in [1.29, 1.82) is 0 Å². The second kappa shape index (κ2) is 10.1. The predicted octanol–water partition coefficient (Wildman–Crippen LogP) is 6.63. The van der Waals surface area contributed by atoms with E-state index in [1.165, 1.54) is 0 Å². The summed E-state index contributed by atoms with van der Waals surface area (Å²) in [4.78, 5) is 11.6. The Kier molecular flexibility index (Phi) is 8.17. The van der Waals surface area contributed by atoms with E-state index in [1.54, 1.807) is 14.0 Å². The van der Waals surface area contributed by atoms with Gasteiger partial charge in [0.05, 0.1) is 22.7 Å². The van der Waals surface area contributed by atoms with Crippen LogP contribution in [0, 0.1) is 0 Å². The Morgan fingerprint density at radius 1 is 1.11 bits per heavy atom. The lowest BCUT2D eigenvalue weighted by Crippen LogP contribution is -2.05. The first-order chi connectivity index (χ1) is 12.8. The molecule has 2 rings (SSSR count). The maximum absolute atomic E-state index is 11.6. The molecule has 0 aliphatic rings. The molecule has 0 bridgehead atoms. The van der Waals surface area contributed by atoms with Crippen molar-refractivity contribution in [3.8, 4) is 17.2 Å². The minimum absolute atomic E-state index is 0.190. The summed E-state index contributed by atoms with van der Waals surface area (Å²) in [5.74, 6) is 2.41. The first-order valence-electron chi connectivity index (χ1n) is 8.85. The van der Waals surface area contributed by atoms with Crippen LogP contribution in [-0.4, -0.2) is 19.7 Å². The molecule has 0 saturated heterocycles. The molecule has 0 atom stereocenters. The highest BCUT2D eigenvalue weighted by atomic mass is 79.9. The van der Waals surface area contributed by atoms with Crippen LogP contribution >= 0.6 is 31.9 Å². The first kappa shape index (κ1) is 21.8. The van der Waals surface area contributed by atoms with Crippen molar-refractivity contribution in [2.75, 3.05) is 13.7 Å². The quantitative estimate of drug-likeness (QED) is 0.382. The predicted molar refractivity (Wildman–Crippen MR) is 114 cm³/mol. The molecule has 0 fully saturated rings. The molecule has 0 aliphatic carbocycles. The van der Waals surface area contributed by atoms with E-state index in [0.717, 1.165) is 31.6 Å². The molecule has 0 aliphatic heterocycles. The SMILES string of the molecule is CCOC(=O)CCc1cc(Br)c(Oc2ccc(OC)c(C(C)C)c2)c(Br)c1. The summed E-state index contributed by atoms with van der Waals surface area (Å²) in [7, 11) is 1.67. The fourth-order valence-corrected chi connectivity index (χ4v) is 4.12. The maximum atomic E-state index is 11.6. The Hall–Kier alpha value is -1.53. The lowest BCUT2D eigenvalue weighted by atomic mass is 10.0. The van der Waals surface area contributed by atoms with E-state index in [9.17, 15) is 4.79 Å². The first-order valence-corrected chi connectivity index (χ1v) is 10.4. The average Bonchev–Trinajstić information content (AvgIpc) is 2.63. The van der Waals surface area contributed by atoms with Crippen LogP contribution in [0.15, 0.2) is 39.3 Å². The van der Waals surface area contributed by atoms with Gasteiger partial charge in [0.2, 0.25) is 0 Å². The zero-order chi connectivity index (χ0) is 20.0. The smallest absolute Gasteiger partial charge is 0.306 e. The van der Waals surface area contributed by atoms with E-state index >= 15 is 0 Å². The highest BCUT2D eigenvalue weighted by molar-refractivity contribution is 9.11. The average molecular weight is 500 g/mol. The fourth-order valence-electron chi connectivity index (χ4n) is 2.68. The van der Waals surface area contributed by atoms with Gasteiger partial charge in [0.15, 0.2) is 5.75 Å². The minimum Gasteiger partial charge on any atom is -0.496 e. The van der Waals surface area contributed by atoms with Gasteiger partial charge in [-0.05, 0) is 87.0 Å². The van der Waals surface area contributed by atoms with Gasteiger partial charge in [0, 0.05) is 12.0 Å². The standard InChI is InChI=1S/C21H24Br2O4/c1-5-26-20(24)9-6-14-10-17(22)21(18(23)11-14)27-15-7-8-19(25-4)16(12-15)13(2)3/h7-8,10-13H,5-6,9H2,1-4H3. The van der Waals surface area contributed by atoms with Crippen LogP contribution in [0.1, 0.15) is 44.2 Å². The van der Waals surface area contributed by atoms with E-state index in [4.69, 9.17) is 14.2 Å². The molecular formula is C21H24Br2O4. The Labute approximate surface area is 177 Å². The number of carbonyl (C=O) groups excluding carboxylic acids is 1. The van der Waals surface area contributed by atoms with Crippen LogP contribution in [0.25, 0.3) is 0 Å². The van der Waals surface area contributed by atoms with Gasteiger partial charge in [-0.25, -0.2) is 0 Å². The lowest BCUT2D eigenvalue weighted by molar-refractivity contribution is -0.143. The highest BCUT2D eigenvalue weighted by Crippen LogP contribution is 2.39. The number of rotatable bonds is 8. The van der Waals surface area contributed by atoms with Crippen molar-refractivity contribution in [1.82, 2.24) is 0 Å². The Morgan fingerprint density at radius 3 is 2.33 bits per heavy atom. The number of ether oxygens (including phenoxy) is 3. The third-order valence-electron chi connectivity index (χ3n) is 4.02. The van der Waals surface area contributed by atoms with Gasteiger partial charge < -0.3 is 14.2 Å². The Balaban J connectivity index is 2.20. The summed E-state index contributed by atoms with van der Waals surface area (Å²) in [6.07, 6.45) is 0.958. The van der Waals surface area contributed by atoms with Crippen LogP contribution in [-0.2, 0) is 16.0 Å². The molecule has 0 spiro atoms. The van der Waals surface area contributed by atoms with Crippen LogP contribution in [0.2, 0.25) is 0 Å². The summed E-state index contributed by atoms with van der Waals surface area (Å²) in [5, 5.41) is 0. The second-order valence-electron chi connectivity index (χ2n) is 6.35. The van der Waals surface area contributed by atoms with Gasteiger partial charge >= 0.3 is 5.97 Å². The van der Waals surface area contributed by atoms with E-state index in [0.29, 0.717) is 31.1 Å². The largest absolute Gasteiger partial charge is 0.496 e. The maximum Gasteiger partial charge on any atom is 0.306 e. The number of halogens is 2. The summed E-state index contributed by atoms with van der Waals surface area (Å²) in [6, 6.07) is 9.73. The number of aryl methyl sites for hydroxylation is 1. The second-order valence-corrected chi connectivity index (χ2v) is 8.06. The van der Waals surface area contributed by atoms with Crippen molar-refractivity contribution in [3.05, 3.63) is 50.4 Å². The van der Waals surface area contributed by atoms with E-state index in [1.807, 2.05) is 30.3 Å². The number of hydrogen-bond acceptors (Lipinski definition) is 4. The zero-order valence-corrected chi connectivity index (χ0v) is 19.1. The van der Waals surface area contributed by atoms with Crippen molar-refractivity contribution >= 4 is 37.8 Å². The third-order valence-corrected chi connectivity index (χ3v) is 5.20. The summed E-state index contributed by atoms with van der Waals surface area (Å²) in [5.41, 5.74) is 2.11. The molecule has 4 nitrogen and oxygen atoms in total. The third kappa shape index (κ3) is 5.98. The van der Waals surface area contributed by atoms with Crippen LogP contribution in [0.5, 0.6) is 17.2 Å². The van der Waals surface area contributed by atoms with Gasteiger partial charge in [-0.3, -0.25) is 4.79 Å². The Bertz CT molecular complexity index is 780. The molecule has 2 aromatic carbocycles. The molecule has 0 aromatic heterocycles. The lowest BCUT2D eigenvalue weighted by Gasteiger charge is -2.16. The molecule has 0 N–H and O–H groups in total. The normalized spacial score (nSPS) is 10.8. The molecule has 0 unspecified atom stereocenters. The van der Waals surface area contributed by atoms with Crippen molar-refractivity contribution in [3.63, 3.8) is 0 Å². The number of carbonyl (C=O) groups is 1. The topological polar surface area (TPSA) is 44.8 Å². The summed E-state index contributed by atoms with van der Waals surface area (Å²) in [6.45, 7) is 6.44. The number of esters is 1. The molecular weight excluding hydrogens is 476 g/mol. The molecule has 146 valence electrons. The summed E-state index contributed by atoms with van der Waals surface area (Å²) < 4.78 is 18.1. The molecule has 0 saturated carbocycles. The molecule has 0 heterocycles.